The van der Waals surface area contributed by atoms with Gasteiger partial charge in [0.05, 0.1) is 0 Å². The van der Waals surface area contributed by atoms with E-state index in [1.807, 2.05) is 0 Å². The monoisotopic (exact) mass is 156 g/mol. The smallest absolute Gasteiger partial charge is 0.0218 e. The van der Waals surface area contributed by atoms with Gasteiger partial charge in [-0.2, -0.15) is 0 Å². The molecule has 2 nitrogen and oxygen atoms in total. The van der Waals surface area contributed by atoms with Crippen LogP contribution in [0.25, 0.3) is 0 Å². The molecule has 0 bridgehead atoms. The fourth-order valence-electron chi connectivity index (χ4n) is 1.61. The molecule has 0 aromatic rings. The third-order valence-electron chi connectivity index (χ3n) is 2.43. The molecule has 0 aliphatic carbocycles. The summed E-state index contributed by atoms with van der Waals surface area (Å²) in [5, 5.41) is 3.48. The predicted octanol–water partition coefficient (Wildman–Crippen LogP) is 1.08. The molecule has 1 N–H and O–H groups in total. The molecule has 0 spiro atoms. The van der Waals surface area contributed by atoms with Crippen molar-refractivity contribution >= 4 is 0 Å². The quantitative estimate of drug-likeness (QED) is 0.658. The van der Waals surface area contributed by atoms with Gasteiger partial charge in [-0.05, 0) is 26.4 Å². The Morgan fingerprint density at radius 1 is 1.55 bits per heavy atom. The molecule has 0 saturated carbocycles. The molecular formula is C9H20N2. The van der Waals surface area contributed by atoms with E-state index >= 15 is 0 Å². The van der Waals surface area contributed by atoms with Crippen LogP contribution in [0.15, 0.2) is 0 Å². The van der Waals surface area contributed by atoms with Gasteiger partial charge in [0.15, 0.2) is 0 Å². The van der Waals surface area contributed by atoms with Crippen LogP contribution in [-0.4, -0.2) is 37.1 Å². The van der Waals surface area contributed by atoms with Crippen LogP contribution >= 0.6 is 0 Å². The van der Waals surface area contributed by atoms with Gasteiger partial charge >= 0.3 is 0 Å². The second-order valence-corrected chi connectivity index (χ2v) is 3.84. The summed E-state index contributed by atoms with van der Waals surface area (Å²) in [7, 11) is 2.22. The van der Waals surface area contributed by atoms with Gasteiger partial charge in [0.1, 0.15) is 0 Å². The van der Waals surface area contributed by atoms with Crippen LogP contribution in [0.2, 0.25) is 0 Å². The first-order chi connectivity index (χ1) is 5.20. The first kappa shape index (κ1) is 9.01. The average molecular weight is 156 g/mol. The van der Waals surface area contributed by atoms with E-state index < -0.39 is 0 Å². The molecule has 1 heterocycles. The lowest BCUT2D eigenvalue weighted by Crippen LogP contribution is -2.38. The number of hydrogen-bond acceptors (Lipinski definition) is 2. The van der Waals surface area contributed by atoms with Crippen molar-refractivity contribution < 1.29 is 0 Å². The van der Waals surface area contributed by atoms with Crippen LogP contribution in [0.4, 0.5) is 0 Å². The summed E-state index contributed by atoms with van der Waals surface area (Å²) >= 11 is 0. The predicted molar refractivity (Wildman–Crippen MR) is 48.8 cm³/mol. The summed E-state index contributed by atoms with van der Waals surface area (Å²) < 4.78 is 0. The molecule has 1 aliphatic rings. The zero-order chi connectivity index (χ0) is 8.27. The minimum Gasteiger partial charge on any atom is -0.313 e. The maximum absolute atomic E-state index is 3.48. The molecule has 2 heteroatoms. The van der Waals surface area contributed by atoms with E-state index in [0.717, 1.165) is 12.6 Å². The molecule has 1 aliphatic heterocycles. The van der Waals surface area contributed by atoms with Gasteiger partial charge in [-0.1, -0.05) is 13.8 Å². The van der Waals surface area contributed by atoms with Crippen molar-refractivity contribution in [3.63, 3.8) is 0 Å². The van der Waals surface area contributed by atoms with Crippen molar-refractivity contribution in [2.24, 2.45) is 0 Å². The van der Waals surface area contributed by atoms with Crippen LogP contribution in [0.1, 0.15) is 26.7 Å². The molecule has 66 valence electrons. The lowest BCUT2D eigenvalue weighted by molar-refractivity contribution is 0.295. The van der Waals surface area contributed by atoms with Crippen molar-refractivity contribution in [2.45, 2.75) is 38.8 Å². The topological polar surface area (TPSA) is 15.3 Å². The van der Waals surface area contributed by atoms with E-state index in [9.17, 15) is 0 Å². The number of likely N-dealkylation sites (N-methyl/N-ethyl adjacent to an activating group) is 1. The fourth-order valence-corrected chi connectivity index (χ4v) is 1.61. The second-order valence-electron chi connectivity index (χ2n) is 3.84. The Kier molecular flexibility index (Phi) is 3.34. The highest BCUT2D eigenvalue weighted by atomic mass is 15.2. The summed E-state index contributed by atoms with van der Waals surface area (Å²) in [5.41, 5.74) is 0. The summed E-state index contributed by atoms with van der Waals surface area (Å²) in [6.07, 6.45) is 2.75. The van der Waals surface area contributed by atoms with Crippen LogP contribution in [0.5, 0.6) is 0 Å². The number of nitrogens with zero attached hydrogens (tertiary/aromatic N) is 1. The van der Waals surface area contributed by atoms with Gasteiger partial charge in [0.25, 0.3) is 0 Å². The first-order valence-corrected chi connectivity index (χ1v) is 4.64. The van der Waals surface area contributed by atoms with Gasteiger partial charge < -0.3 is 10.2 Å². The van der Waals surface area contributed by atoms with Gasteiger partial charge in [0.2, 0.25) is 0 Å². The Bertz CT molecular complexity index is 112. The number of nitrogens with one attached hydrogen (secondary N) is 1. The van der Waals surface area contributed by atoms with Gasteiger partial charge in [-0.3, -0.25) is 0 Å². The van der Waals surface area contributed by atoms with E-state index in [-0.39, 0.29) is 0 Å². The molecule has 1 atom stereocenters. The molecule has 11 heavy (non-hydrogen) atoms. The van der Waals surface area contributed by atoms with E-state index in [2.05, 4.69) is 31.1 Å². The van der Waals surface area contributed by atoms with Gasteiger partial charge in [-0.25, -0.2) is 0 Å². The number of rotatable bonds is 3. The molecule has 0 aromatic heterocycles. The minimum absolute atomic E-state index is 0.629. The number of likely N-dealkylation sites (tertiary alicyclic amines) is 1. The molecular weight excluding hydrogens is 136 g/mol. The highest BCUT2D eigenvalue weighted by molar-refractivity contribution is 4.78. The maximum Gasteiger partial charge on any atom is 0.0218 e. The van der Waals surface area contributed by atoms with Crippen molar-refractivity contribution in [2.75, 3.05) is 20.1 Å². The Labute approximate surface area is 70.0 Å². The zero-order valence-corrected chi connectivity index (χ0v) is 7.93. The highest BCUT2D eigenvalue weighted by Gasteiger charge is 2.19. The minimum atomic E-state index is 0.629. The SMILES string of the molecule is CC(C)NC[C@@H]1CCCN1C. The van der Waals surface area contributed by atoms with Gasteiger partial charge in [-0.15, -0.1) is 0 Å². The maximum atomic E-state index is 3.48. The molecule has 1 rings (SSSR count). The first-order valence-electron chi connectivity index (χ1n) is 4.64. The average Bonchev–Trinajstić information content (AvgIpc) is 2.31. The highest BCUT2D eigenvalue weighted by Crippen LogP contribution is 2.13. The molecule has 0 unspecified atom stereocenters. The Hall–Kier alpha value is -0.0800. The standard InChI is InChI=1S/C9H20N2/c1-8(2)10-7-9-5-4-6-11(9)3/h8-10H,4-7H2,1-3H3/t9-/m0/s1. The Morgan fingerprint density at radius 2 is 2.27 bits per heavy atom. The van der Waals surface area contributed by atoms with Crippen LogP contribution in [0.3, 0.4) is 0 Å². The largest absolute Gasteiger partial charge is 0.313 e. The summed E-state index contributed by atoms with van der Waals surface area (Å²) in [6, 6.07) is 1.42. The number of hydrogen-bond donors (Lipinski definition) is 1. The van der Waals surface area contributed by atoms with Crippen LogP contribution in [0, 0.1) is 0 Å². The van der Waals surface area contributed by atoms with Crippen molar-refractivity contribution in [1.29, 1.82) is 0 Å². The fraction of sp³-hybridized carbons (Fsp3) is 1.00. The van der Waals surface area contributed by atoms with Gasteiger partial charge in [0, 0.05) is 18.6 Å². The molecule has 1 fully saturated rings. The van der Waals surface area contributed by atoms with Crippen LogP contribution < -0.4 is 5.32 Å². The third-order valence-corrected chi connectivity index (χ3v) is 2.43. The van der Waals surface area contributed by atoms with Crippen molar-refractivity contribution in [1.82, 2.24) is 10.2 Å². The third kappa shape index (κ3) is 2.80. The second kappa shape index (κ2) is 4.07. The lowest BCUT2D eigenvalue weighted by Gasteiger charge is -2.20. The Balaban J connectivity index is 2.15. The molecule has 0 aromatic carbocycles. The lowest BCUT2D eigenvalue weighted by atomic mass is 10.2. The summed E-state index contributed by atoms with van der Waals surface area (Å²) in [6.45, 7) is 6.85. The zero-order valence-electron chi connectivity index (χ0n) is 7.93. The normalized spacial score (nSPS) is 26.7. The molecule has 0 radical (unpaired) electrons. The van der Waals surface area contributed by atoms with E-state index in [4.69, 9.17) is 0 Å². The van der Waals surface area contributed by atoms with Crippen molar-refractivity contribution in [3.8, 4) is 0 Å². The Morgan fingerprint density at radius 3 is 2.73 bits per heavy atom. The van der Waals surface area contributed by atoms with E-state index in [1.165, 1.54) is 19.4 Å². The van der Waals surface area contributed by atoms with Crippen molar-refractivity contribution in [3.05, 3.63) is 0 Å². The summed E-state index contributed by atoms with van der Waals surface area (Å²) in [4.78, 5) is 2.45. The molecule has 1 saturated heterocycles. The van der Waals surface area contributed by atoms with E-state index in [1.54, 1.807) is 0 Å². The summed E-state index contributed by atoms with van der Waals surface area (Å²) in [5.74, 6) is 0. The molecule has 0 amide bonds. The van der Waals surface area contributed by atoms with Crippen LogP contribution in [-0.2, 0) is 0 Å². The van der Waals surface area contributed by atoms with E-state index in [0.29, 0.717) is 6.04 Å².